The van der Waals surface area contributed by atoms with E-state index in [1.165, 1.54) is 7.11 Å². The molecule has 1 aromatic carbocycles. The van der Waals surface area contributed by atoms with E-state index in [0.29, 0.717) is 11.3 Å². The Labute approximate surface area is 116 Å². The summed E-state index contributed by atoms with van der Waals surface area (Å²) >= 11 is 0. The van der Waals surface area contributed by atoms with Gasteiger partial charge in [0.2, 0.25) is 0 Å². The Balaban J connectivity index is 2.40. The highest BCUT2D eigenvalue weighted by molar-refractivity contribution is 5.97. The van der Waals surface area contributed by atoms with Crippen molar-refractivity contribution in [3.8, 4) is 5.75 Å². The molecule has 0 unspecified atom stereocenters. The topological polar surface area (TPSA) is 108 Å². The van der Waals surface area contributed by atoms with Gasteiger partial charge in [0, 0.05) is 6.54 Å². The Morgan fingerprint density at radius 2 is 1.95 bits per heavy atom. The van der Waals surface area contributed by atoms with Crippen molar-refractivity contribution in [2.75, 3.05) is 20.3 Å². The van der Waals surface area contributed by atoms with Gasteiger partial charge in [0.1, 0.15) is 5.75 Å². The van der Waals surface area contributed by atoms with Crippen molar-refractivity contribution < 1.29 is 23.9 Å². The number of methoxy groups -OCH3 is 1. The van der Waals surface area contributed by atoms with Gasteiger partial charge in [-0.2, -0.15) is 0 Å². The van der Waals surface area contributed by atoms with Crippen LogP contribution in [0.15, 0.2) is 24.3 Å². The van der Waals surface area contributed by atoms with Crippen LogP contribution in [0.5, 0.6) is 5.75 Å². The van der Waals surface area contributed by atoms with Crippen molar-refractivity contribution in [1.82, 2.24) is 5.32 Å². The molecule has 0 heterocycles. The molecule has 3 N–H and O–H groups in total. The Hall–Kier alpha value is -2.57. The van der Waals surface area contributed by atoms with Crippen molar-refractivity contribution in [1.29, 1.82) is 0 Å². The molecule has 20 heavy (non-hydrogen) atoms. The molecule has 0 atom stereocenters. The summed E-state index contributed by atoms with van der Waals surface area (Å²) in [6.45, 7) is -0.367. The molecule has 0 bridgehead atoms. The van der Waals surface area contributed by atoms with Crippen LogP contribution in [0.4, 0.5) is 0 Å². The molecule has 1 rings (SSSR count). The fourth-order valence-electron chi connectivity index (χ4n) is 1.43. The van der Waals surface area contributed by atoms with Gasteiger partial charge in [-0.3, -0.25) is 14.4 Å². The predicted molar refractivity (Wildman–Crippen MR) is 70.1 cm³/mol. The minimum atomic E-state index is -0.726. The highest BCUT2D eigenvalue weighted by Crippen LogP contribution is 2.16. The standard InChI is InChI=1S/C13H16N2O5/c1-19-10-5-3-2-4-9(10)13(18)15-7-6-12(17)20-8-11(14)16/h2-5H,6-8H2,1H3,(H2,14,16)(H,15,18). The number of benzene rings is 1. The second kappa shape index (κ2) is 7.78. The first-order valence-corrected chi connectivity index (χ1v) is 5.89. The number of amides is 2. The van der Waals surface area contributed by atoms with Crippen molar-refractivity contribution >= 4 is 17.8 Å². The number of nitrogens with one attached hydrogen (secondary N) is 1. The molecular weight excluding hydrogens is 264 g/mol. The molecule has 0 aliphatic heterocycles. The van der Waals surface area contributed by atoms with E-state index in [1.807, 2.05) is 0 Å². The van der Waals surface area contributed by atoms with Crippen LogP contribution in [0.1, 0.15) is 16.8 Å². The van der Waals surface area contributed by atoms with Gasteiger partial charge >= 0.3 is 5.97 Å². The maximum Gasteiger partial charge on any atom is 0.308 e. The quantitative estimate of drug-likeness (QED) is 0.675. The van der Waals surface area contributed by atoms with E-state index in [9.17, 15) is 14.4 Å². The zero-order chi connectivity index (χ0) is 15.0. The molecule has 0 radical (unpaired) electrons. The van der Waals surface area contributed by atoms with E-state index >= 15 is 0 Å². The summed E-state index contributed by atoms with van der Waals surface area (Å²) in [5, 5.41) is 2.56. The van der Waals surface area contributed by atoms with E-state index in [4.69, 9.17) is 10.5 Å². The summed E-state index contributed by atoms with van der Waals surface area (Å²) in [5.41, 5.74) is 5.20. The minimum Gasteiger partial charge on any atom is -0.496 e. The van der Waals surface area contributed by atoms with Crippen LogP contribution >= 0.6 is 0 Å². The van der Waals surface area contributed by atoms with Gasteiger partial charge in [-0.1, -0.05) is 12.1 Å². The van der Waals surface area contributed by atoms with Gasteiger partial charge in [-0.05, 0) is 12.1 Å². The van der Waals surface area contributed by atoms with Crippen LogP contribution in [-0.2, 0) is 14.3 Å². The van der Waals surface area contributed by atoms with Crippen molar-refractivity contribution in [2.24, 2.45) is 5.73 Å². The zero-order valence-corrected chi connectivity index (χ0v) is 11.0. The molecule has 0 aromatic heterocycles. The largest absolute Gasteiger partial charge is 0.496 e. The number of primary amides is 1. The molecule has 0 saturated heterocycles. The number of para-hydroxylation sites is 1. The maximum absolute atomic E-state index is 11.9. The minimum absolute atomic E-state index is 0.0475. The fraction of sp³-hybridized carbons (Fsp3) is 0.308. The second-order valence-electron chi connectivity index (χ2n) is 3.83. The second-order valence-corrected chi connectivity index (χ2v) is 3.83. The molecule has 108 valence electrons. The van der Waals surface area contributed by atoms with Crippen molar-refractivity contribution in [3.05, 3.63) is 29.8 Å². The summed E-state index contributed by atoms with van der Waals surface area (Å²) in [7, 11) is 1.47. The number of hydrogen-bond donors (Lipinski definition) is 2. The van der Waals surface area contributed by atoms with Crippen LogP contribution in [0.3, 0.4) is 0 Å². The average molecular weight is 280 g/mol. The monoisotopic (exact) mass is 280 g/mol. The first-order chi connectivity index (χ1) is 9.54. The number of esters is 1. The Morgan fingerprint density at radius 3 is 2.60 bits per heavy atom. The molecule has 1 aromatic rings. The SMILES string of the molecule is COc1ccccc1C(=O)NCCC(=O)OCC(N)=O. The zero-order valence-electron chi connectivity index (χ0n) is 11.0. The van der Waals surface area contributed by atoms with Gasteiger partial charge < -0.3 is 20.5 Å². The first-order valence-electron chi connectivity index (χ1n) is 5.89. The van der Waals surface area contributed by atoms with E-state index in [1.54, 1.807) is 24.3 Å². The smallest absolute Gasteiger partial charge is 0.308 e. The molecule has 0 aliphatic rings. The molecule has 0 spiro atoms. The molecule has 0 fully saturated rings. The first kappa shape index (κ1) is 15.5. The lowest BCUT2D eigenvalue weighted by Gasteiger charge is -2.08. The Bertz CT molecular complexity index is 501. The summed E-state index contributed by atoms with van der Waals surface area (Å²) in [5.74, 6) is -1.24. The normalized spacial score (nSPS) is 9.65. The number of rotatable bonds is 7. The molecule has 0 aliphatic carbocycles. The Kier molecular flexibility index (Phi) is 6.02. The number of ether oxygens (including phenoxy) is 2. The van der Waals surface area contributed by atoms with Crippen molar-refractivity contribution in [2.45, 2.75) is 6.42 Å². The summed E-state index contributed by atoms with van der Waals surface area (Å²) in [6.07, 6.45) is -0.0475. The van der Waals surface area contributed by atoms with Crippen LogP contribution < -0.4 is 15.8 Å². The molecule has 7 nitrogen and oxygen atoms in total. The third-order valence-corrected chi connectivity index (χ3v) is 2.34. The third kappa shape index (κ3) is 4.97. The lowest BCUT2D eigenvalue weighted by atomic mass is 10.2. The molecule has 7 heteroatoms. The summed E-state index contributed by atoms with van der Waals surface area (Å²) in [6, 6.07) is 6.73. The average Bonchev–Trinajstić information content (AvgIpc) is 2.44. The number of carbonyl (C=O) groups is 3. The van der Waals surface area contributed by atoms with Crippen LogP contribution in [0, 0.1) is 0 Å². The van der Waals surface area contributed by atoms with Gasteiger partial charge in [0.25, 0.3) is 11.8 Å². The lowest BCUT2D eigenvalue weighted by molar-refractivity contribution is -0.147. The van der Waals surface area contributed by atoms with E-state index in [0.717, 1.165) is 0 Å². The van der Waals surface area contributed by atoms with Crippen molar-refractivity contribution in [3.63, 3.8) is 0 Å². The molecule has 2 amide bonds. The number of hydrogen-bond acceptors (Lipinski definition) is 5. The number of carbonyl (C=O) groups excluding carboxylic acids is 3. The fourth-order valence-corrected chi connectivity index (χ4v) is 1.43. The maximum atomic E-state index is 11.9. The predicted octanol–water partition coefficient (Wildman–Crippen LogP) is -0.156. The summed E-state index contributed by atoms with van der Waals surface area (Å²) < 4.78 is 9.60. The van der Waals surface area contributed by atoms with Gasteiger partial charge in [-0.15, -0.1) is 0 Å². The van der Waals surface area contributed by atoms with Gasteiger partial charge in [-0.25, -0.2) is 0 Å². The van der Waals surface area contributed by atoms with E-state index < -0.39 is 18.5 Å². The number of nitrogens with two attached hydrogens (primary N) is 1. The van der Waals surface area contributed by atoms with Gasteiger partial charge in [0.15, 0.2) is 6.61 Å². The molecular formula is C13H16N2O5. The lowest BCUT2D eigenvalue weighted by Crippen LogP contribution is -2.28. The van der Waals surface area contributed by atoms with E-state index in [2.05, 4.69) is 10.1 Å². The highest BCUT2D eigenvalue weighted by Gasteiger charge is 2.12. The third-order valence-electron chi connectivity index (χ3n) is 2.34. The van der Waals surface area contributed by atoms with Gasteiger partial charge in [0.05, 0.1) is 19.1 Å². The van der Waals surface area contributed by atoms with Crippen LogP contribution in [-0.4, -0.2) is 38.0 Å². The molecule has 0 saturated carbocycles. The van der Waals surface area contributed by atoms with Crippen LogP contribution in [0.25, 0.3) is 0 Å². The Morgan fingerprint density at radius 1 is 1.25 bits per heavy atom. The summed E-state index contributed by atoms with van der Waals surface area (Å²) in [4.78, 5) is 33.4. The highest BCUT2D eigenvalue weighted by atomic mass is 16.5. The van der Waals surface area contributed by atoms with E-state index in [-0.39, 0.29) is 18.9 Å². The van der Waals surface area contributed by atoms with Crippen LogP contribution in [0.2, 0.25) is 0 Å².